The van der Waals surface area contributed by atoms with Gasteiger partial charge in [0, 0.05) is 0 Å². The third kappa shape index (κ3) is 4.09. The first kappa shape index (κ1) is 13.6. The van der Waals surface area contributed by atoms with Crippen molar-refractivity contribution in [2.45, 2.75) is 40.0 Å². The molecule has 0 aliphatic heterocycles. The van der Waals surface area contributed by atoms with Gasteiger partial charge in [-0.15, -0.1) is 0 Å². The topological polar surface area (TPSA) is 40.9 Å². The first-order chi connectivity index (χ1) is 6.84. The molecular weight excluding hydrogens is 186 g/mol. The van der Waals surface area contributed by atoms with Crippen LogP contribution >= 0.6 is 0 Å². The summed E-state index contributed by atoms with van der Waals surface area (Å²) < 4.78 is 0. The largest absolute Gasteiger partial charge is 0.231 e. The molecule has 1 aromatic carbocycles. The number of hydrogen-bond donors (Lipinski definition) is 1. The Hall–Kier alpha value is -1.40. The molecule has 0 saturated heterocycles. The van der Waals surface area contributed by atoms with Gasteiger partial charge < -0.3 is 0 Å². The molecule has 1 aromatic rings. The van der Waals surface area contributed by atoms with Crippen LogP contribution in [0.25, 0.3) is 0 Å². The monoisotopic (exact) mass is 205 g/mol. The molecule has 0 radical (unpaired) electrons. The molecule has 0 amide bonds. The van der Waals surface area contributed by atoms with E-state index in [1.807, 2.05) is 0 Å². The molecule has 2 nitrogen and oxygen atoms in total. The van der Waals surface area contributed by atoms with Crippen LogP contribution in [0.5, 0.6) is 0 Å². The minimum absolute atomic E-state index is 0.274. The molecule has 1 N–H and O–H groups in total. The smallest absolute Gasteiger partial charge is 0.222 e. The van der Waals surface area contributed by atoms with Gasteiger partial charge in [-0.25, -0.2) is 10.2 Å². The normalized spacial score (nSPS) is 9.93. The molecule has 0 fully saturated rings. The second-order valence-corrected chi connectivity index (χ2v) is 4.60. The molecule has 0 saturated carbocycles. The molecular formula is C13H19NO. The van der Waals surface area contributed by atoms with Gasteiger partial charge in [-0.1, -0.05) is 39.0 Å². The Balaban J connectivity index is 0.000000583. The fraction of sp³-hybridized carbons (Fsp3) is 0.462. The lowest BCUT2D eigenvalue weighted by Crippen LogP contribution is -2.13. The molecule has 1 rings (SSSR count). The summed E-state index contributed by atoms with van der Waals surface area (Å²) in [6, 6.07) is 6.54. The van der Waals surface area contributed by atoms with Gasteiger partial charge in [0.25, 0.3) is 0 Å². The SMILES string of the molecule is Cc1cccc(C(C)(C)C)c1C.N=C=O. The number of hydrogen-bond acceptors (Lipinski definition) is 2. The van der Waals surface area contributed by atoms with Crippen molar-refractivity contribution in [2.75, 3.05) is 0 Å². The van der Waals surface area contributed by atoms with E-state index in [1.54, 1.807) is 0 Å². The Morgan fingerprint density at radius 3 is 2.00 bits per heavy atom. The van der Waals surface area contributed by atoms with Crippen molar-refractivity contribution >= 4 is 6.08 Å². The number of carbonyl (C=O) groups excluding carboxylic acids is 1. The van der Waals surface area contributed by atoms with E-state index in [-0.39, 0.29) is 5.41 Å². The van der Waals surface area contributed by atoms with Crippen LogP contribution in [0, 0.1) is 19.3 Å². The second-order valence-electron chi connectivity index (χ2n) is 4.60. The van der Waals surface area contributed by atoms with Crippen molar-refractivity contribution in [1.82, 2.24) is 0 Å². The third-order valence-electron chi connectivity index (χ3n) is 2.41. The van der Waals surface area contributed by atoms with E-state index in [4.69, 9.17) is 10.2 Å². The zero-order chi connectivity index (χ0) is 12.1. The van der Waals surface area contributed by atoms with E-state index < -0.39 is 0 Å². The fourth-order valence-electron chi connectivity index (χ4n) is 1.56. The highest BCUT2D eigenvalue weighted by Crippen LogP contribution is 2.26. The molecule has 0 aliphatic rings. The van der Waals surface area contributed by atoms with Crippen molar-refractivity contribution in [2.24, 2.45) is 0 Å². The predicted molar refractivity (Wildman–Crippen MR) is 63.0 cm³/mol. The van der Waals surface area contributed by atoms with Gasteiger partial charge in [-0.2, -0.15) is 0 Å². The summed E-state index contributed by atoms with van der Waals surface area (Å²) in [6.45, 7) is 11.2. The summed E-state index contributed by atoms with van der Waals surface area (Å²) in [7, 11) is 0. The maximum absolute atomic E-state index is 8.35. The molecule has 2 heteroatoms. The lowest BCUT2D eigenvalue weighted by Gasteiger charge is -2.22. The van der Waals surface area contributed by atoms with Gasteiger partial charge in [-0.3, -0.25) is 0 Å². The molecule has 0 heterocycles. The number of benzene rings is 1. The van der Waals surface area contributed by atoms with Crippen molar-refractivity contribution < 1.29 is 4.79 Å². The summed E-state index contributed by atoms with van der Waals surface area (Å²) in [5.74, 6) is 0. The van der Waals surface area contributed by atoms with Crippen LogP contribution in [0.1, 0.15) is 37.5 Å². The van der Waals surface area contributed by atoms with Crippen LogP contribution in [0.2, 0.25) is 0 Å². The Morgan fingerprint density at radius 1 is 1.20 bits per heavy atom. The molecule has 0 bridgehead atoms. The summed E-state index contributed by atoms with van der Waals surface area (Å²) in [5, 5.41) is 5.40. The lowest BCUT2D eigenvalue weighted by atomic mass is 9.83. The molecule has 0 atom stereocenters. The van der Waals surface area contributed by atoms with Crippen LogP contribution in [-0.4, -0.2) is 6.08 Å². The third-order valence-corrected chi connectivity index (χ3v) is 2.41. The highest BCUT2D eigenvalue weighted by Gasteiger charge is 2.15. The number of nitrogens with one attached hydrogen (secondary N) is 1. The van der Waals surface area contributed by atoms with Gasteiger partial charge in [-0.05, 0) is 36.0 Å². The maximum Gasteiger partial charge on any atom is 0.231 e. The Morgan fingerprint density at radius 2 is 1.67 bits per heavy atom. The van der Waals surface area contributed by atoms with E-state index in [9.17, 15) is 0 Å². The number of isocyanates is 1. The average Bonchev–Trinajstić information content (AvgIpc) is 2.09. The standard InChI is InChI=1S/C12H18.CHNO/c1-9-7-6-8-11(10(9)2)12(3,4)5;2-1-3/h6-8H,1-5H3;2H. The van der Waals surface area contributed by atoms with Gasteiger partial charge in [0.15, 0.2) is 0 Å². The van der Waals surface area contributed by atoms with Gasteiger partial charge >= 0.3 is 0 Å². The summed E-state index contributed by atoms with van der Waals surface area (Å²) >= 11 is 0. The van der Waals surface area contributed by atoms with Gasteiger partial charge in [0.2, 0.25) is 6.08 Å². The summed E-state index contributed by atoms with van der Waals surface area (Å²) in [6.07, 6.45) is 0.750. The Labute approximate surface area is 91.8 Å². The van der Waals surface area contributed by atoms with Crippen molar-refractivity contribution in [1.29, 1.82) is 5.41 Å². The first-order valence-corrected chi connectivity index (χ1v) is 4.95. The zero-order valence-corrected chi connectivity index (χ0v) is 10.1. The van der Waals surface area contributed by atoms with E-state index in [0.717, 1.165) is 6.08 Å². The van der Waals surface area contributed by atoms with Crippen LogP contribution < -0.4 is 0 Å². The highest BCUT2D eigenvalue weighted by molar-refractivity contribution is 5.37. The van der Waals surface area contributed by atoms with Crippen molar-refractivity contribution in [3.63, 3.8) is 0 Å². The molecule has 82 valence electrons. The Bertz CT molecular complexity index is 355. The summed E-state index contributed by atoms with van der Waals surface area (Å²) in [5.41, 5.74) is 4.56. The van der Waals surface area contributed by atoms with E-state index >= 15 is 0 Å². The van der Waals surface area contributed by atoms with E-state index in [0.29, 0.717) is 0 Å². The van der Waals surface area contributed by atoms with Gasteiger partial charge in [0.1, 0.15) is 0 Å². The van der Waals surface area contributed by atoms with E-state index in [1.165, 1.54) is 16.7 Å². The molecule has 0 spiro atoms. The van der Waals surface area contributed by atoms with Crippen LogP contribution in [0.15, 0.2) is 18.2 Å². The zero-order valence-electron chi connectivity index (χ0n) is 10.1. The second kappa shape index (κ2) is 5.47. The predicted octanol–water partition coefficient (Wildman–Crippen LogP) is 3.50. The quantitative estimate of drug-likeness (QED) is 0.511. The summed E-state index contributed by atoms with van der Waals surface area (Å²) in [4.78, 5) is 8.35. The van der Waals surface area contributed by atoms with Gasteiger partial charge in [0.05, 0.1) is 0 Å². The molecule has 15 heavy (non-hydrogen) atoms. The molecule has 0 aromatic heterocycles. The maximum atomic E-state index is 8.35. The number of aryl methyl sites for hydroxylation is 1. The number of rotatable bonds is 0. The lowest BCUT2D eigenvalue weighted by molar-refractivity contribution is 0.562. The highest BCUT2D eigenvalue weighted by atomic mass is 16.1. The van der Waals surface area contributed by atoms with Crippen LogP contribution in [0.4, 0.5) is 0 Å². The average molecular weight is 205 g/mol. The minimum atomic E-state index is 0.274. The fourth-order valence-corrected chi connectivity index (χ4v) is 1.56. The molecule has 0 unspecified atom stereocenters. The first-order valence-electron chi connectivity index (χ1n) is 4.95. The van der Waals surface area contributed by atoms with E-state index in [2.05, 4.69) is 52.8 Å². The van der Waals surface area contributed by atoms with Crippen molar-refractivity contribution in [3.8, 4) is 0 Å². The minimum Gasteiger partial charge on any atom is -0.222 e. The van der Waals surface area contributed by atoms with Crippen LogP contribution in [0.3, 0.4) is 0 Å². The Kier molecular flexibility index (Phi) is 4.96. The molecule has 0 aliphatic carbocycles. The van der Waals surface area contributed by atoms with Crippen LogP contribution in [-0.2, 0) is 10.2 Å². The van der Waals surface area contributed by atoms with Crippen molar-refractivity contribution in [3.05, 3.63) is 34.9 Å².